The lowest BCUT2D eigenvalue weighted by atomic mass is 10.4. The van der Waals surface area contributed by atoms with E-state index in [0.717, 1.165) is 18.6 Å². The molecule has 0 bridgehead atoms. The smallest absolute Gasteiger partial charge is 0.176 e. The molecule has 0 N–H and O–H groups in total. The quantitative estimate of drug-likeness (QED) is 0.736. The Labute approximate surface area is 83.4 Å². The van der Waals surface area contributed by atoms with Crippen molar-refractivity contribution >= 4 is 19.7 Å². The van der Waals surface area contributed by atoms with Crippen LogP contribution in [0.25, 0.3) is 0 Å². The minimum Gasteiger partial charge on any atom is -0.224 e. The summed E-state index contributed by atoms with van der Waals surface area (Å²) in [5.41, 5.74) is 0. The Hall–Kier alpha value is -0.880. The first kappa shape index (κ1) is 11.2. The van der Waals surface area contributed by atoms with Crippen LogP contribution < -0.4 is 0 Å². The van der Waals surface area contributed by atoms with Crippen molar-refractivity contribution < 1.29 is 16.8 Å². The van der Waals surface area contributed by atoms with Crippen LogP contribution in [0.3, 0.4) is 0 Å². The van der Waals surface area contributed by atoms with Crippen LogP contribution in [0.15, 0.2) is 28.0 Å². The average Bonchev–Trinajstić information content (AvgIpc) is 2.01. The Balaban J connectivity index is 3.44. The van der Waals surface area contributed by atoms with Crippen LogP contribution >= 0.6 is 0 Å². The number of rotatable bonds is 2. The maximum atomic E-state index is 11.1. The first-order valence-corrected chi connectivity index (χ1v) is 7.41. The third-order valence-corrected chi connectivity index (χ3v) is 3.72. The van der Waals surface area contributed by atoms with Crippen LogP contribution in [0.1, 0.15) is 0 Å². The number of hydrogen-bond acceptors (Lipinski definition) is 4. The fourth-order valence-corrected chi connectivity index (χ4v) is 2.21. The lowest BCUT2D eigenvalue weighted by Gasteiger charge is -2.00. The zero-order valence-corrected chi connectivity index (χ0v) is 9.31. The summed E-state index contributed by atoms with van der Waals surface area (Å²) in [6.45, 7) is 0. The molecule has 4 nitrogen and oxygen atoms in total. The molecule has 0 heterocycles. The van der Waals surface area contributed by atoms with Gasteiger partial charge in [-0.15, -0.1) is 0 Å². The second-order valence-corrected chi connectivity index (χ2v) is 6.93. The Morgan fingerprint density at radius 3 is 2.07 bits per heavy atom. The van der Waals surface area contributed by atoms with Gasteiger partial charge in [-0.25, -0.2) is 16.8 Å². The van der Waals surface area contributed by atoms with E-state index in [9.17, 15) is 16.8 Å². The van der Waals surface area contributed by atoms with Crippen molar-refractivity contribution in [3.8, 4) is 0 Å². The fourth-order valence-electron chi connectivity index (χ4n) is 0.870. The van der Waals surface area contributed by atoms with Gasteiger partial charge < -0.3 is 0 Å². The average molecular weight is 233 g/mol. The molecule has 1 aromatic carbocycles. The third-order valence-electron chi connectivity index (χ3n) is 1.57. The first-order chi connectivity index (χ1) is 6.21. The summed E-state index contributed by atoms with van der Waals surface area (Å²) < 4.78 is 44.4. The van der Waals surface area contributed by atoms with Gasteiger partial charge in [-0.3, -0.25) is 0 Å². The summed E-state index contributed by atoms with van der Waals surface area (Å²) in [7, 11) is -6.78. The van der Waals surface area contributed by atoms with Crippen LogP contribution in [-0.4, -0.2) is 29.3 Å². The zero-order valence-electron chi connectivity index (χ0n) is 7.68. The molecule has 14 heavy (non-hydrogen) atoms. The van der Waals surface area contributed by atoms with Gasteiger partial charge in [0, 0.05) is 18.6 Å². The van der Waals surface area contributed by atoms with E-state index in [4.69, 9.17) is 0 Å². The molecule has 0 aliphatic carbocycles. The second-order valence-electron chi connectivity index (χ2n) is 2.93. The van der Waals surface area contributed by atoms with E-state index in [1.165, 1.54) is 12.1 Å². The molecule has 1 aromatic rings. The maximum Gasteiger partial charge on any atom is 0.176 e. The van der Waals surface area contributed by atoms with Crippen LogP contribution in [-0.2, 0) is 19.7 Å². The number of hydrogen-bond donors (Lipinski definition) is 0. The molecule has 0 saturated heterocycles. The summed E-state index contributed by atoms with van der Waals surface area (Å²) in [6.07, 6.45) is 2.03. The second kappa shape index (κ2) is 3.36. The van der Waals surface area contributed by atoms with Crippen LogP contribution in [0.5, 0.6) is 0 Å². The highest BCUT2D eigenvalue weighted by molar-refractivity contribution is 7.91. The predicted octanol–water partition coefficient (Wildman–Crippen LogP) is 0.294. The molecule has 0 aliphatic heterocycles. The molecule has 77 valence electrons. The van der Waals surface area contributed by atoms with Crippen molar-refractivity contribution in [3.05, 3.63) is 24.3 Å². The minimum atomic E-state index is -3.41. The summed E-state index contributed by atoms with van der Waals surface area (Å²) in [5, 5.41) is 0. The van der Waals surface area contributed by atoms with Crippen LogP contribution in [0, 0.1) is 6.07 Å². The van der Waals surface area contributed by atoms with Crippen molar-refractivity contribution in [1.82, 2.24) is 0 Å². The van der Waals surface area contributed by atoms with Crippen molar-refractivity contribution in [2.45, 2.75) is 9.79 Å². The molecule has 0 aromatic heterocycles. The van der Waals surface area contributed by atoms with Crippen molar-refractivity contribution in [3.63, 3.8) is 0 Å². The van der Waals surface area contributed by atoms with Crippen molar-refractivity contribution in [2.75, 3.05) is 12.5 Å². The summed E-state index contributed by atoms with van der Waals surface area (Å²) in [4.78, 5) is -0.128. The Morgan fingerprint density at radius 1 is 1.07 bits per heavy atom. The van der Waals surface area contributed by atoms with Gasteiger partial charge in [0.25, 0.3) is 0 Å². The zero-order chi connectivity index (χ0) is 11.0. The van der Waals surface area contributed by atoms with E-state index in [1.807, 2.05) is 0 Å². The van der Waals surface area contributed by atoms with Gasteiger partial charge in [0.05, 0.1) is 9.79 Å². The molecular weight excluding hydrogens is 224 g/mol. The fraction of sp³-hybridized carbons (Fsp3) is 0.250. The highest BCUT2D eigenvalue weighted by atomic mass is 32.2. The highest BCUT2D eigenvalue weighted by Crippen LogP contribution is 2.14. The molecule has 0 spiro atoms. The topological polar surface area (TPSA) is 68.3 Å². The van der Waals surface area contributed by atoms with E-state index in [1.54, 1.807) is 0 Å². The van der Waals surface area contributed by atoms with E-state index < -0.39 is 19.7 Å². The maximum absolute atomic E-state index is 11.1. The van der Waals surface area contributed by atoms with E-state index >= 15 is 0 Å². The normalized spacial score (nSPS) is 12.7. The molecule has 0 aliphatic rings. The molecule has 1 rings (SSSR count). The van der Waals surface area contributed by atoms with E-state index in [-0.39, 0.29) is 9.79 Å². The molecule has 0 fully saturated rings. The SMILES string of the molecule is CS(=O)(=O)c1[c]ccc(S(C)(=O)=O)c1. The van der Waals surface area contributed by atoms with E-state index in [2.05, 4.69) is 6.07 Å². The molecule has 0 saturated carbocycles. The highest BCUT2D eigenvalue weighted by Gasteiger charge is 2.12. The lowest BCUT2D eigenvalue weighted by Crippen LogP contribution is -2.01. The summed E-state index contributed by atoms with van der Waals surface area (Å²) in [6, 6.07) is 6.16. The number of sulfone groups is 2. The lowest BCUT2D eigenvalue weighted by molar-refractivity contribution is 0.600. The number of benzene rings is 1. The van der Waals surface area contributed by atoms with Gasteiger partial charge >= 0.3 is 0 Å². The van der Waals surface area contributed by atoms with Crippen LogP contribution in [0.4, 0.5) is 0 Å². The van der Waals surface area contributed by atoms with Gasteiger partial charge in [0.2, 0.25) is 0 Å². The largest absolute Gasteiger partial charge is 0.224 e. The molecule has 1 radical (unpaired) electrons. The van der Waals surface area contributed by atoms with E-state index in [0.29, 0.717) is 0 Å². The van der Waals surface area contributed by atoms with Gasteiger partial charge in [0.1, 0.15) is 0 Å². The summed E-state index contributed by atoms with van der Waals surface area (Å²) in [5.74, 6) is 0. The molecule has 6 heteroatoms. The van der Waals surface area contributed by atoms with Gasteiger partial charge in [-0.05, 0) is 12.1 Å². The third kappa shape index (κ3) is 2.55. The Morgan fingerprint density at radius 2 is 1.64 bits per heavy atom. The first-order valence-electron chi connectivity index (χ1n) is 3.63. The molecule has 0 atom stereocenters. The van der Waals surface area contributed by atoms with Gasteiger partial charge in [0.15, 0.2) is 19.7 Å². The van der Waals surface area contributed by atoms with Crippen molar-refractivity contribution in [1.29, 1.82) is 0 Å². The monoisotopic (exact) mass is 233 g/mol. The van der Waals surface area contributed by atoms with Crippen LogP contribution in [0.2, 0.25) is 0 Å². The Kier molecular flexibility index (Phi) is 2.69. The molecular formula is C8H9O4S2. The predicted molar refractivity (Wildman–Crippen MR) is 51.5 cm³/mol. The standard InChI is InChI=1S/C8H9O4S2/c1-13(9,10)7-4-3-5-8(6-7)14(2,11)12/h3-4,6H,1-2H3. The summed E-state index contributed by atoms with van der Waals surface area (Å²) >= 11 is 0. The van der Waals surface area contributed by atoms with Crippen molar-refractivity contribution in [2.24, 2.45) is 0 Å². The molecule has 0 amide bonds. The van der Waals surface area contributed by atoms with Gasteiger partial charge in [-0.1, -0.05) is 6.07 Å². The molecule has 0 unspecified atom stereocenters. The Bertz CT molecular complexity index is 493. The van der Waals surface area contributed by atoms with Gasteiger partial charge in [-0.2, -0.15) is 0 Å². The minimum absolute atomic E-state index is 0.0170.